The molecular formula is C13H15Cl2N3. The number of nitrogens with zero attached hydrogens (tertiary/aromatic N) is 2. The summed E-state index contributed by atoms with van der Waals surface area (Å²) in [6.45, 7) is 4.05. The Morgan fingerprint density at radius 3 is 2.56 bits per heavy atom. The van der Waals surface area contributed by atoms with Crippen molar-refractivity contribution in [2.24, 2.45) is 7.05 Å². The molecule has 0 amide bonds. The molecule has 0 saturated carbocycles. The quantitative estimate of drug-likeness (QED) is 0.915. The van der Waals surface area contributed by atoms with Crippen molar-refractivity contribution < 1.29 is 0 Å². The van der Waals surface area contributed by atoms with Gasteiger partial charge in [0.2, 0.25) is 0 Å². The maximum Gasteiger partial charge on any atom is 0.0825 e. The van der Waals surface area contributed by atoms with E-state index in [1.54, 1.807) is 4.68 Å². The van der Waals surface area contributed by atoms with E-state index in [4.69, 9.17) is 23.2 Å². The largest absolute Gasteiger partial charge is 0.376 e. The van der Waals surface area contributed by atoms with Crippen molar-refractivity contribution in [3.05, 3.63) is 45.7 Å². The van der Waals surface area contributed by atoms with E-state index in [9.17, 15) is 0 Å². The summed E-state index contributed by atoms with van der Waals surface area (Å²) in [4.78, 5) is 0. The number of rotatable bonds is 3. The SMILES string of the molecule is Cc1nn(C)cc1NC(C)c1ccc(Cl)c(Cl)c1. The predicted octanol–water partition coefficient (Wildman–Crippen LogP) is 4.21. The second kappa shape index (κ2) is 5.21. The van der Waals surface area contributed by atoms with Gasteiger partial charge in [0.15, 0.2) is 0 Å². The van der Waals surface area contributed by atoms with E-state index in [0.717, 1.165) is 16.9 Å². The van der Waals surface area contributed by atoms with Crippen LogP contribution in [0.4, 0.5) is 5.69 Å². The lowest BCUT2D eigenvalue weighted by Crippen LogP contribution is -2.06. The van der Waals surface area contributed by atoms with E-state index in [1.165, 1.54) is 0 Å². The Hall–Kier alpha value is -1.19. The lowest BCUT2D eigenvalue weighted by Gasteiger charge is -2.15. The van der Waals surface area contributed by atoms with Crippen LogP contribution in [-0.2, 0) is 7.05 Å². The Balaban J connectivity index is 2.19. The Morgan fingerprint density at radius 2 is 2.00 bits per heavy atom. The Morgan fingerprint density at radius 1 is 1.28 bits per heavy atom. The van der Waals surface area contributed by atoms with Crippen LogP contribution in [0.1, 0.15) is 24.2 Å². The number of nitrogens with one attached hydrogen (secondary N) is 1. The standard InChI is InChI=1S/C13H15Cl2N3/c1-8(10-4-5-11(14)12(15)6-10)16-13-7-18(3)17-9(13)2/h4-8,16H,1-3H3. The topological polar surface area (TPSA) is 29.9 Å². The molecule has 5 heteroatoms. The van der Waals surface area contributed by atoms with Gasteiger partial charge < -0.3 is 5.32 Å². The lowest BCUT2D eigenvalue weighted by atomic mass is 10.1. The zero-order valence-corrected chi connectivity index (χ0v) is 12.0. The van der Waals surface area contributed by atoms with Crippen LogP contribution in [0.15, 0.2) is 24.4 Å². The molecule has 1 N–H and O–H groups in total. The monoisotopic (exact) mass is 283 g/mol. The van der Waals surface area contributed by atoms with Gasteiger partial charge in [0, 0.05) is 19.3 Å². The highest BCUT2D eigenvalue weighted by Gasteiger charge is 2.10. The summed E-state index contributed by atoms with van der Waals surface area (Å²) in [6, 6.07) is 5.81. The first-order valence-electron chi connectivity index (χ1n) is 5.69. The van der Waals surface area contributed by atoms with E-state index in [1.807, 2.05) is 38.4 Å². The Kier molecular flexibility index (Phi) is 3.83. The molecule has 18 heavy (non-hydrogen) atoms. The molecule has 3 nitrogen and oxygen atoms in total. The van der Waals surface area contributed by atoms with Crippen LogP contribution in [0.2, 0.25) is 10.0 Å². The third-order valence-electron chi connectivity index (χ3n) is 2.83. The molecule has 1 unspecified atom stereocenters. The fraction of sp³-hybridized carbons (Fsp3) is 0.308. The van der Waals surface area contributed by atoms with Crippen molar-refractivity contribution >= 4 is 28.9 Å². The minimum Gasteiger partial charge on any atom is -0.376 e. The molecule has 0 fully saturated rings. The van der Waals surface area contributed by atoms with Crippen LogP contribution in [-0.4, -0.2) is 9.78 Å². The van der Waals surface area contributed by atoms with Gasteiger partial charge in [0.1, 0.15) is 0 Å². The van der Waals surface area contributed by atoms with Gasteiger partial charge in [-0.25, -0.2) is 0 Å². The number of hydrogen-bond acceptors (Lipinski definition) is 2. The molecule has 0 spiro atoms. The third-order valence-corrected chi connectivity index (χ3v) is 3.57. The highest BCUT2D eigenvalue weighted by Crippen LogP contribution is 2.27. The van der Waals surface area contributed by atoms with Crippen LogP contribution >= 0.6 is 23.2 Å². The fourth-order valence-electron chi connectivity index (χ4n) is 1.84. The minimum atomic E-state index is 0.141. The number of halogens is 2. The molecule has 2 aromatic rings. The van der Waals surface area contributed by atoms with Crippen molar-refractivity contribution in [2.75, 3.05) is 5.32 Å². The van der Waals surface area contributed by atoms with Gasteiger partial charge >= 0.3 is 0 Å². The zero-order chi connectivity index (χ0) is 13.3. The summed E-state index contributed by atoms with van der Waals surface area (Å²) in [5, 5.41) is 8.85. The molecule has 0 bridgehead atoms. The molecule has 1 heterocycles. The third kappa shape index (κ3) is 2.79. The number of aromatic nitrogens is 2. The molecule has 0 aliphatic rings. The second-order valence-electron chi connectivity index (χ2n) is 4.34. The summed E-state index contributed by atoms with van der Waals surface area (Å²) in [5.41, 5.74) is 3.09. The molecule has 0 radical (unpaired) electrons. The highest BCUT2D eigenvalue weighted by molar-refractivity contribution is 6.42. The van der Waals surface area contributed by atoms with Crippen molar-refractivity contribution in [1.82, 2.24) is 9.78 Å². The van der Waals surface area contributed by atoms with Crippen LogP contribution in [0, 0.1) is 6.92 Å². The van der Waals surface area contributed by atoms with Crippen LogP contribution in [0.5, 0.6) is 0 Å². The highest BCUT2D eigenvalue weighted by atomic mass is 35.5. The normalized spacial score (nSPS) is 12.5. The van der Waals surface area contributed by atoms with Gasteiger partial charge in [-0.2, -0.15) is 5.10 Å². The van der Waals surface area contributed by atoms with Gasteiger partial charge in [-0.05, 0) is 31.5 Å². The first-order chi connectivity index (χ1) is 8.47. The van der Waals surface area contributed by atoms with E-state index in [2.05, 4.69) is 17.3 Å². The number of anilines is 1. The molecule has 0 aliphatic heterocycles. The van der Waals surface area contributed by atoms with Crippen molar-refractivity contribution in [3.63, 3.8) is 0 Å². The number of aryl methyl sites for hydroxylation is 2. The minimum absolute atomic E-state index is 0.141. The summed E-state index contributed by atoms with van der Waals surface area (Å²) >= 11 is 11.9. The molecule has 0 aliphatic carbocycles. The molecule has 1 aromatic carbocycles. The van der Waals surface area contributed by atoms with Gasteiger partial charge in [-0.3, -0.25) is 4.68 Å². The fourth-order valence-corrected chi connectivity index (χ4v) is 2.15. The maximum absolute atomic E-state index is 6.02. The first-order valence-corrected chi connectivity index (χ1v) is 6.44. The molecule has 2 rings (SSSR count). The van der Waals surface area contributed by atoms with Crippen LogP contribution in [0.3, 0.4) is 0 Å². The molecule has 96 valence electrons. The average molecular weight is 284 g/mol. The zero-order valence-electron chi connectivity index (χ0n) is 10.5. The predicted molar refractivity (Wildman–Crippen MR) is 76.4 cm³/mol. The first kappa shape index (κ1) is 13.2. The molecule has 1 atom stereocenters. The molecular weight excluding hydrogens is 269 g/mol. The maximum atomic E-state index is 6.02. The summed E-state index contributed by atoms with van der Waals surface area (Å²) in [7, 11) is 1.90. The smallest absolute Gasteiger partial charge is 0.0825 e. The summed E-state index contributed by atoms with van der Waals surface area (Å²) in [6.07, 6.45) is 1.96. The number of hydrogen-bond donors (Lipinski definition) is 1. The van der Waals surface area contributed by atoms with Crippen molar-refractivity contribution in [1.29, 1.82) is 0 Å². The second-order valence-corrected chi connectivity index (χ2v) is 5.16. The van der Waals surface area contributed by atoms with Crippen molar-refractivity contribution in [2.45, 2.75) is 19.9 Å². The Labute approximate surface area is 117 Å². The Bertz CT molecular complexity index is 563. The van der Waals surface area contributed by atoms with Gasteiger partial charge in [-0.1, -0.05) is 29.3 Å². The van der Waals surface area contributed by atoms with E-state index in [-0.39, 0.29) is 6.04 Å². The van der Waals surface area contributed by atoms with Gasteiger partial charge in [0.25, 0.3) is 0 Å². The average Bonchev–Trinajstić information content (AvgIpc) is 2.61. The van der Waals surface area contributed by atoms with Gasteiger partial charge in [0.05, 0.1) is 21.4 Å². The molecule has 1 aromatic heterocycles. The lowest BCUT2D eigenvalue weighted by molar-refractivity contribution is 0.756. The van der Waals surface area contributed by atoms with E-state index < -0.39 is 0 Å². The van der Waals surface area contributed by atoms with E-state index >= 15 is 0 Å². The molecule has 0 saturated heterocycles. The van der Waals surface area contributed by atoms with Gasteiger partial charge in [-0.15, -0.1) is 0 Å². The summed E-state index contributed by atoms with van der Waals surface area (Å²) in [5.74, 6) is 0. The van der Waals surface area contributed by atoms with Crippen LogP contribution in [0.25, 0.3) is 0 Å². The van der Waals surface area contributed by atoms with E-state index in [0.29, 0.717) is 10.0 Å². The van der Waals surface area contributed by atoms with Crippen LogP contribution < -0.4 is 5.32 Å². The summed E-state index contributed by atoms with van der Waals surface area (Å²) < 4.78 is 1.79. The number of benzene rings is 1. The van der Waals surface area contributed by atoms with Crippen molar-refractivity contribution in [3.8, 4) is 0 Å².